The van der Waals surface area contributed by atoms with Gasteiger partial charge in [-0.25, -0.2) is 0 Å². The number of furan rings is 2. The summed E-state index contributed by atoms with van der Waals surface area (Å²) in [5.41, 5.74) is 17.8. The van der Waals surface area contributed by atoms with Gasteiger partial charge in [0.05, 0.1) is 11.4 Å². The second-order valence-electron chi connectivity index (χ2n) is 15.4. The zero-order chi connectivity index (χ0) is 39.0. The molecule has 4 nitrogen and oxygen atoms in total. The molecule has 2 aliphatic heterocycles. The average Bonchev–Trinajstić information content (AvgIpc) is 3.88. The Labute approximate surface area is 341 Å². The van der Waals surface area contributed by atoms with E-state index in [-0.39, 0.29) is 6.71 Å². The van der Waals surface area contributed by atoms with Crippen molar-refractivity contribution in [1.82, 2.24) is 0 Å². The summed E-state index contributed by atoms with van der Waals surface area (Å²) in [5, 5.41) is 8.34. The number of fused-ring (bicyclic) bond motifs is 12. The summed E-state index contributed by atoms with van der Waals surface area (Å²) in [6.07, 6.45) is 8.29. The van der Waals surface area contributed by atoms with Crippen molar-refractivity contribution in [3.05, 3.63) is 206 Å². The Morgan fingerprint density at radius 3 is 1.92 bits per heavy atom. The lowest BCUT2D eigenvalue weighted by molar-refractivity contribution is 0.669. The molecule has 5 heteroatoms. The SMILES string of the molecule is C=C/C=C\C(=C\N1c2cc(-c3ccccc3)cc3c2B(c2ccc4c(oc5ccccc54)c2N3)c2ccc3c(oc4ccccc43)c21)c1cccc(-c2ccccc2)c1. The first-order valence-electron chi connectivity index (χ1n) is 20.1. The van der Waals surface area contributed by atoms with Gasteiger partial charge in [-0.3, -0.25) is 0 Å². The zero-order valence-corrected chi connectivity index (χ0v) is 32.0. The molecule has 59 heavy (non-hydrogen) atoms. The molecule has 2 aliphatic rings. The van der Waals surface area contributed by atoms with E-state index >= 15 is 0 Å². The summed E-state index contributed by atoms with van der Waals surface area (Å²) >= 11 is 0. The molecule has 0 bridgehead atoms. The number of anilines is 4. The Bertz CT molecular complexity index is 3390. The van der Waals surface area contributed by atoms with Crippen LogP contribution in [0.15, 0.2) is 210 Å². The van der Waals surface area contributed by atoms with Crippen LogP contribution in [0.4, 0.5) is 22.7 Å². The molecule has 0 aliphatic carbocycles. The van der Waals surface area contributed by atoms with E-state index in [2.05, 4.69) is 187 Å². The first-order valence-corrected chi connectivity index (χ1v) is 20.1. The van der Waals surface area contributed by atoms with E-state index in [4.69, 9.17) is 8.83 Å². The zero-order valence-electron chi connectivity index (χ0n) is 32.0. The van der Waals surface area contributed by atoms with Crippen molar-refractivity contribution >= 4 is 95.3 Å². The van der Waals surface area contributed by atoms with Gasteiger partial charge in [-0.2, -0.15) is 0 Å². The fourth-order valence-corrected chi connectivity index (χ4v) is 9.39. The van der Waals surface area contributed by atoms with E-state index in [1.54, 1.807) is 0 Å². The maximum absolute atomic E-state index is 6.96. The Balaban J connectivity index is 1.18. The van der Waals surface area contributed by atoms with Crippen molar-refractivity contribution in [2.24, 2.45) is 0 Å². The molecule has 0 amide bonds. The van der Waals surface area contributed by atoms with Gasteiger partial charge in [0, 0.05) is 39.1 Å². The average molecular weight is 755 g/mol. The molecule has 12 rings (SSSR count). The molecule has 0 saturated heterocycles. The Morgan fingerprint density at radius 2 is 1.19 bits per heavy atom. The Kier molecular flexibility index (Phi) is 7.44. The molecule has 0 spiro atoms. The van der Waals surface area contributed by atoms with Crippen LogP contribution in [0.25, 0.3) is 71.7 Å². The monoisotopic (exact) mass is 754 g/mol. The van der Waals surface area contributed by atoms with Gasteiger partial charge in [-0.05, 0) is 80.1 Å². The van der Waals surface area contributed by atoms with Crippen LogP contribution in [-0.2, 0) is 0 Å². The largest absolute Gasteiger partial charge is 0.454 e. The van der Waals surface area contributed by atoms with Gasteiger partial charge < -0.3 is 19.1 Å². The summed E-state index contributed by atoms with van der Waals surface area (Å²) in [6.45, 7) is 3.95. The molecule has 0 fully saturated rings. The Morgan fingerprint density at radius 1 is 0.559 bits per heavy atom. The van der Waals surface area contributed by atoms with Gasteiger partial charge in [0.2, 0.25) is 0 Å². The normalized spacial score (nSPS) is 13.3. The van der Waals surface area contributed by atoms with Gasteiger partial charge in [0.1, 0.15) is 11.2 Å². The fraction of sp³-hybridized carbons (Fsp3) is 0. The number of hydrogen-bond acceptors (Lipinski definition) is 4. The van der Waals surface area contributed by atoms with Crippen molar-refractivity contribution in [1.29, 1.82) is 0 Å². The van der Waals surface area contributed by atoms with Gasteiger partial charge in [0.25, 0.3) is 6.71 Å². The van der Waals surface area contributed by atoms with E-state index in [1.165, 1.54) is 16.5 Å². The first kappa shape index (κ1) is 33.4. The van der Waals surface area contributed by atoms with Crippen LogP contribution < -0.4 is 26.6 Å². The van der Waals surface area contributed by atoms with Crippen molar-refractivity contribution in [2.75, 3.05) is 10.2 Å². The molecule has 4 heterocycles. The third-order valence-electron chi connectivity index (χ3n) is 12.1. The molecular weight excluding hydrogens is 719 g/mol. The number of nitrogens with one attached hydrogen (secondary N) is 1. The van der Waals surface area contributed by atoms with E-state index in [9.17, 15) is 0 Å². The minimum Gasteiger partial charge on any atom is -0.454 e. The molecule has 0 radical (unpaired) electrons. The van der Waals surface area contributed by atoms with Gasteiger partial charge in [0.15, 0.2) is 11.2 Å². The van der Waals surface area contributed by atoms with Crippen LogP contribution in [0.5, 0.6) is 0 Å². The van der Waals surface area contributed by atoms with Crippen molar-refractivity contribution < 1.29 is 8.83 Å². The fourth-order valence-electron chi connectivity index (χ4n) is 9.39. The lowest BCUT2D eigenvalue weighted by atomic mass is 9.33. The first-order chi connectivity index (χ1) is 29.2. The van der Waals surface area contributed by atoms with E-state index < -0.39 is 0 Å². The van der Waals surface area contributed by atoms with Crippen LogP contribution in [0.3, 0.4) is 0 Å². The third-order valence-corrected chi connectivity index (χ3v) is 12.1. The predicted octanol–water partition coefficient (Wildman–Crippen LogP) is 12.6. The number of para-hydroxylation sites is 2. The number of benzene rings is 8. The summed E-state index contributed by atoms with van der Waals surface area (Å²) in [6, 6.07) is 60.4. The highest BCUT2D eigenvalue weighted by Crippen LogP contribution is 2.45. The minimum absolute atomic E-state index is 0.107. The summed E-state index contributed by atoms with van der Waals surface area (Å²) in [7, 11) is 0. The van der Waals surface area contributed by atoms with E-state index in [0.29, 0.717) is 0 Å². The third kappa shape index (κ3) is 5.18. The van der Waals surface area contributed by atoms with Crippen LogP contribution >= 0.6 is 0 Å². The molecule has 0 saturated carbocycles. The number of nitrogens with zero attached hydrogens (tertiary/aromatic N) is 1. The highest BCUT2D eigenvalue weighted by molar-refractivity contribution is 7.00. The van der Waals surface area contributed by atoms with Gasteiger partial charge in [-0.15, -0.1) is 0 Å². The summed E-state index contributed by atoms with van der Waals surface area (Å²) in [5.74, 6) is 0. The number of hydrogen-bond donors (Lipinski definition) is 1. The maximum atomic E-state index is 6.96. The highest BCUT2D eigenvalue weighted by Gasteiger charge is 2.43. The molecule has 2 aromatic heterocycles. The maximum Gasteiger partial charge on any atom is 0.252 e. The molecule has 276 valence electrons. The molecular formula is C54H35BN2O2. The highest BCUT2D eigenvalue weighted by atomic mass is 16.3. The number of rotatable bonds is 6. The van der Waals surface area contributed by atoms with Crippen molar-refractivity contribution in [3.8, 4) is 22.3 Å². The Hall–Kier alpha value is -7.76. The van der Waals surface area contributed by atoms with Crippen molar-refractivity contribution in [2.45, 2.75) is 0 Å². The lowest BCUT2D eigenvalue weighted by Gasteiger charge is -2.39. The lowest BCUT2D eigenvalue weighted by Crippen LogP contribution is -2.60. The molecule has 0 unspecified atom stereocenters. The van der Waals surface area contributed by atoms with Gasteiger partial charge in [-0.1, -0.05) is 164 Å². The molecule has 10 aromatic rings. The second-order valence-corrected chi connectivity index (χ2v) is 15.4. The van der Waals surface area contributed by atoms with Crippen LogP contribution in [0, 0.1) is 0 Å². The minimum atomic E-state index is -0.107. The molecule has 1 N–H and O–H groups in total. The predicted molar refractivity (Wildman–Crippen MR) is 249 cm³/mol. The standard InChI is InChI=1S/C54H35BN2O2/c1-2-3-15-38(37-21-14-20-36(30-37)34-16-6-4-7-17-34)33-57-47-32-39(35-18-8-5-9-19-35)31-46-50(47)55(45-29-27-43-41-23-11-13-25-49(41)59-54(43)52(45)57)44-28-26-42-40-22-10-12-24-48(40)58-53(42)51(44)56-46/h2-33,56H,1H2/b15-3-,38-33-. The van der Waals surface area contributed by atoms with E-state index in [0.717, 1.165) is 99.9 Å². The quantitative estimate of drug-likeness (QED) is 0.136. The summed E-state index contributed by atoms with van der Waals surface area (Å²) < 4.78 is 13.7. The molecule has 8 aromatic carbocycles. The van der Waals surface area contributed by atoms with Crippen LogP contribution in [0.1, 0.15) is 5.56 Å². The summed E-state index contributed by atoms with van der Waals surface area (Å²) in [4.78, 5) is 2.38. The van der Waals surface area contributed by atoms with Gasteiger partial charge >= 0.3 is 0 Å². The molecule has 0 atom stereocenters. The van der Waals surface area contributed by atoms with Crippen LogP contribution in [0.2, 0.25) is 0 Å². The van der Waals surface area contributed by atoms with Crippen LogP contribution in [-0.4, -0.2) is 6.71 Å². The number of allylic oxidation sites excluding steroid dienone is 4. The van der Waals surface area contributed by atoms with Crippen molar-refractivity contribution in [3.63, 3.8) is 0 Å². The van der Waals surface area contributed by atoms with E-state index in [1.807, 2.05) is 24.3 Å². The topological polar surface area (TPSA) is 41.6 Å². The second kappa shape index (κ2) is 13.2. The smallest absolute Gasteiger partial charge is 0.252 e.